The molecule has 7 heavy (non-hydrogen) atoms. The van der Waals surface area contributed by atoms with E-state index >= 15 is 0 Å². The second kappa shape index (κ2) is 1.66. The molecule has 0 saturated carbocycles. The van der Waals surface area contributed by atoms with Crippen molar-refractivity contribution in [3.05, 3.63) is 12.0 Å². The third-order valence-corrected chi connectivity index (χ3v) is 1.09. The maximum Gasteiger partial charge on any atom is 0.177 e. The van der Waals surface area contributed by atoms with Gasteiger partial charge in [0.05, 0.1) is 5.44 Å². The van der Waals surface area contributed by atoms with Crippen molar-refractivity contribution in [2.75, 3.05) is 0 Å². The number of hydrogen-bond donors (Lipinski definition) is 2. The first-order chi connectivity index (χ1) is 2.94. The van der Waals surface area contributed by atoms with Crippen LogP contribution in [0.15, 0.2) is 12.0 Å². The second-order valence-electron chi connectivity index (χ2n) is 1.01. The smallest absolute Gasteiger partial charge is 0.177 e. The van der Waals surface area contributed by atoms with E-state index in [0.29, 0.717) is 0 Å². The first kappa shape index (κ1) is 6.69. The van der Waals surface area contributed by atoms with Crippen LogP contribution in [0.5, 0.6) is 0 Å². The van der Waals surface area contributed by atoms with E-state index in [9.17, 15) is 9.46 Å². The second-order valence-corrected chi connectivity index (χ2v) is 2.63. The van der Waals surface area contributed by atoms with Gasteiger partial charge in [-0.3, -0.25) is 0 Å². The van der Waals surface area contributed by atoms with E-state index in [0.717, 1.165) is 0 Å². The van der Waals surface area contributed by atoms with Crippen LogP contribution in [-0.4, -0.2) is 4.89 Å². The lowest BCUT2D eigenvalue weighted by molar-refractivity contribution is -0.190. The van der Waals surface area contributed by atoms with Crippen molar-refractivity contribution in [1.29, 1.82) is 0 Å². The molecule has 0 amide bonds. The summed E-state index contributed by atoms with van der Waals surface area (Å²) in [7, 11) is -4.40. The first-order valence-electron chi connectivity index (χ1n) is 1.43. The molecule has 42 valence electrons. The van der Waals surface area contributed by atoms with Crippen molar-refractivity contribution in [3.63, 3.8) is 0 Å². The molecule has 0 aromatic carbocycles. The minimum atomic E-state index is -4.40. The zero-order valence-corrected chi connectivity index (χ0v) is 4.39. The lowest BCUT2D eigenvalue weighted by Crippen LogP contribution is -2.06. The predicted molar refractivity (Wildman–Crippen MR) is 23.2 cm³/mol. The SMILES string of the molecule is C=C(N)P(=O)([O-])O. The molecule has 0 aromatic rings. The highest BCUT2D eigenvalue weighted by Gasteiger charge is 1.99. The summed E-state index contributed by atoms with van der Waals surface area (Å²) in [5.74, 6) is 0. The van der Waals surface area contributed by atoms with Crippen molar-refractivity contribution in [2.45, 2.75) is 0 Å². The molecule has 1 unspecified atom stereocenters. The Morgan fingerprint density at radius 3 is 2.14 bits per heavy atom. The van der Waals surface area contributed by atoms with Gasteiger partial charge in [0, 0.05) is 0 Å². The summed E-state index contributed by atoms with van der Waals surface area (Å²) in [5, 5.41) is 0. The Morgan fingerprint density at radius 1 is 2.00 bits per heavy atom. The van der Waals surface area contributed by atoms with Gasteiger partial charge in [0.15, 0.2) is 7.60 Å². The average molecular weight is 122 g/mol. The summed E-state index contributed by atoms with van der Waals surface area (Å²) < 4.78 is 9.69. The maximum atomic E-state index is 9.69. The fourth-order valence-electron chi connectivity index (χ4n) is 0. The predicted octanol–water partition coefficient (Wildman–Crippen LogP) is -1.04. The van der Waals surface area contributed by atoms with Gasteiger partial charge >= 0.3 is 0 Å². The normalized spacial score (nSPS) is 18.0. The van der Waals surface area contributed by atoms with E-state index in [1.165, 1.54) is 0 Å². The van der Waals surface area contributed by atoms with Crippen LogP contribution >= 0.6 is 7.60 Å². The molecule has 0 aliphatic heterocycles. The highest BCUT2D eigenvalue weighted by Crippen LogP contribution is 2.34. The van der Waals surface area contributed by atoms with Crippen LogP contribution < -0.4 is 10.6 Å². The number of rotatable bonds is 1. The van der Waals surface area contributed by atoms with Gasteiger partial charge in [0.25, 0.3) is 0 Å². The summed E-state index contributed by atoms with van der Waals surface area (Å²) in [5.41, 5.74) is 3.85. The van der Waals surface area contributed by atoms with Gasteiger partial charge in [0.2, 0.25) is 0 Å². The van der Waals surface area contributed by atoms with Crippen LogP contribution in [0.25, 0.3) is 0 Å². The summed E-state index contributed by atoms with van der Waals surface area (Å²) in [6, 6.07) is 0. The summed E-state index contributed by atoms with van der Waals surface area (Å²) in [6.45, 7) is 2.78. The minimum Gasteiger partial charge on any atom is -0.774 e. The molecule has 3 N–H and O–H groups in total. The van der Waals surface area contributed by atoms with Crippen LogP contribution in [-0.2, 0) is 4.57 Å². The highest BCUT2D eigenvalue weighted by atomic mass is 31.2. The topological polar surface area (TPSA) is 86.4 Å². The van der Waals surface area contributed by atoms with E-state index in [4.69, 9.17) is 4.89 Å². The molecule has 5 heteroatoms. The maximum absolute atomic E-state index is 9.69. The molecule has 0 aliphatic carbocycles. The lowest BCUT2D eigenvalue weighted by Gasteiger charge is -2.12. The lowest BCUT2D eigenvalue weighted by atomic mass is 11.1. The zero-order valence-electron chi connectivity index (χ0n) is 3.50. The minimum absolute atomic E-state index is 0.701. The standard InChI is InChI=1S/C2H6NO3P/c1-2(3)7(4,5)6/h1,3H2,(H2,4,5,6)/p-1. The van der Waals surface area contributed by atoms with Gasteiger partial charge < -0.3 is 20.1 Å². The quantitative estimate of drug-likeness (QED) is 0.435. The Labute approximate surface area is 40.8 Å². The van der Waals surface area contributed by atoms with Gasteiger partial charge in [-0.15, -0.1) is 0 Å². The molecular weight excluding hydrogens is 117 g/mol. The van der Waals surface area contributed by atoms with Crippen LogP contribution in [0.2, 0.25) is 0 Å². The largest absolute Gasteiger partial charge is 0.774 e. The van der Waals surface area contributed by atoms with Crippen molar-refractivity contribution >= 4 is 7.60 Å². The van der Waals surface area contributed by atoms with Gasteiger partial charge in [-0.05, 0) is 0 Å². The monoisotopic (exact) mass is 122 g/mol. The van der Waals surface area contributed by atoms with Crippen LogP contribution in [0.3, 0.4) is 0 Å². The molecule has 0 fully saturated rings. The number of hydrogen-bond acceptors (Lipinski definition) is 3. The molecule has 1 atom stereocenters. The fraction of sp³-hybridized carbons (Fsp3) is 0. The Morgan fingerprint density at radius 2 is 2.14 bits per heavy atom. The van der Waals surface area contributed by atoms with Crippen molar-refractivity contribution in [2.24, 2.45) is 5.73 Å². The molecule has 0 spiro atoms. The molecule has 0 aliphatic rings. The highest BCUT2D eigenvalue weighted by molar-refractivity contribution is 7.54. The Kier molecular flexibility index (Phi) is 1.58. The fourth-order valence-corrected chi connectivity index (χ4v) is 0. The first-order valence-corrected chi connectivity index (χ1v) is 3.01. The third-order valence-electron chi connectivity index (χ3n) is 0.363. The van der Waals surface area contributed by atoms with Gasteiger partial charge in [-0.2, -0.15) is 0 Å². The van der Waals surface area contributed by atoms with E-state index in [1.54, 1.807) is 0 Å². The van der Waals surface area contributed by atoms with Crippen LogP contribution in [0.1, 0.15) is 0 Å². The third kappa shape index (κ3) is 2.39. The van der Waals surface area contributed by atoms with Crippen LogP contribution in [0, 0.1) is 0 Å². The summed E-state index contributed by atoms with van der Waals surface area (Å²) >= 11 is 0. The molecular formula is C2H5NO3P-. The van der Waals surface area contributed by atoms with Crippen molar-refractivity contribution in [3.8, 4) is 0 Å². The molecule has 0 heterocycles. The Bertz CT molecular complexity index is 125. The molecule has 0 bridgehead atoms. The Hall–Kier alpha value is -0.310. The van der Waals surface area contributed by atoms with E-state index in [1.807, 2.05) is 0 Å². The van der Waals surface area contributed by atoms with Gasteiger partial charge in [-0.1, -0.05) is 6.58 Å². The average Bonchev–Trinajstić information content (AvgIpc) is 1.31. The van der Waals surface area contributed by atoms with Gasteiger partial charge in [0.1, 0.15) is 0 Å². The molecule has 0 rings (SSSR count). The molecule has 4 nitrogen and oxygen atoms in total. The number of nitrogens with two attached hydrogens (primary N) is 1. The molecule has 0 radical (unpaired) electrons. The zero-order chi connectivity index (χ0) is 6.08. The van der Waals surface area contributed by atoms with Gasteiger partial charge in [-0.25, -0.2) is 0 Å². The van der Waals surface area contributed by atoms with Crippen molar-refractivity contribution in [1.82, 2.24) is 0 Å². The van der Waals surface area contributed by atoms with E-state index < -0.39 is 13.0 Å². The molecule has 0 aromatic heterocycles. The Balaban J connectivity index is 4.09. The van der Waals surface area contributed by atoms with E-state index in [-0.39, 0.29) is 0 Å². The summed E-state index contributed by atoms with van der Waals surface area (Å²) in [6.07, 6.45) is 0. The van der Waals surface area contributed by atoms with Crippen molar-refractivity contribution < 1.29 is 14.4 Å². The molecule has 0 saturated heterocycles. The van der Waals surface area contributed by atoms with E-state index in [2.05, 4.69) is 12.3 Å². The van der Waals surface area contributed by atoms with Crippen LogP contribution in [0.4, 0.5) is 0 Å². The summed E-state index contributed by atoms with van der Waals surface area (Å²) in [4.78, 5) is 17.6.